The number of ketones is 1. The summed E-state index contributed by atoms with van der Waals surface area (Å²) in [6.45, 7) is 2.04. The lowest BCUT2D eigenvalue weighted by atomic mass is 10.00. The number of hydrogen-bond acceptors (Lipinski definition) is 3. The summed E-state index contributed by atoms with van der Waals surface area (Å²) in [6.07, 6.45) is 0.863. The zero-order valence-corrected chi connectivity index (χ0v) is 12.7. The molecular formula is C19H20O3. The number of benzene rings is 2. The second kappa shape index (κ2) is 8.13. The third-order valence-electron chi connectivity index (χ3n) is 3.37. The van der Waals surface area contributed by atoms with Gasteiger partial charge in [-0.1, -0.05) is 54.6 Å². The van der Waals surface area contributed by atoms with Crippen LogP contribution in [0.4, 0.5) is 0 Å². The van der Waals surface area contributed by atoms with E-state index in [4.69, 9.17) is 4.74 Å². The van der Waals surface area contributed by atoms with Crippen molar-refractivity contribution in [1.29, 1.82) is 0 Å². The second-order valence-corrected chi connectivity index (χ2v) is 5.09. The van der Waals surface area contributed by atoms with Gasteiger partial charge in [-0.2, -0.15) is 0 Å². The molecule has 114 valence electrons. The standard InChI is InChI=1S/C19H20O3/c1-2-22-19(21)14-18(20)12-11-15-7-6-10-17(13-15)16-8-4-3-5-9-16/h3-10,13H,2,11-12,14H2,1H3. The molecule has 22 heavy (non-hydrogen) atoms. The lowest BCUT2D eigenvalue weighted by Gasteiger charge is -2.06. The van der Waals surface area contributed by atoms with E-state index < -0.39 is 5.97 Å². The van der Waals surface area contributed by atoms with Crippen molar-refractivity contribution in [3.05, 3.63) is 60.2 Å². The first-order chi connectivity index (χ1) is 10.7. The number of aryl methyl sites for hydroxylation is 1. The molecule has 0 amide bonds. The smallest absolute Gasteiger partial charge is 0.313 e. The van der Waals surface area contributed by atoms with E-state index in [0.29, 0.717) is 19.4 Å². The van der Waals surface area contributed by atoms with Crippen LogP contribution in [0.3, 0.4) is 0 Å². The van der Waals surface area contributed by atoms with Crippen LogP contribution in [0.15, 0.2) is 54.6 Å². The minimum absolute atomic E-state index is 0.0800. The summed E-state index contributed by atoms with van der Waals surface area (Å²) < 4.78 is 4.78. The summed E-state index contributed by atoms with van der Waals surface area (Å²) >= 11 is 0. The summed E-state index contributed by atoms with van der Waals surface area (Å²) in [4.78, 5) is 23.0. The highest BCUT2D eigenvalue weighted by Crippen LogP contribution is 2.20. The number of hydrogen-bond donors (Lipinski definition) is 0. The molecular weight excluding hydrogens is 276 g/mol. The number of rotatable bonds is 7. The highest BCUT2D eigenvalue weighted by molar-refractivity contribution is 5.95. The Hall–Kier alpha value is -2.42. The Morgan fingerprint density at radius 1 is 0.955 bits per heavy atom. The first-order valence-corrected chi connectivity index (χ1v) is 7.50. The van der Waals surface area contributed by atoms with Crippen LogP contribution in [-0.2, 0) is 20.7 Å². The van der Waals surface area contributed by atoms with Crippen molar-refractivity contribution in [3.8, 4) is 11.1 Å². The van der Waals surface area contributed by atoms with Crippen LogP contribution in [0, 0.1) is 0 Å². The number of carbonyl (C=O) groups excluding carboxylic acids is 2. The Morgan fingerprint density at radius 2 is 1.68 bits per heavy atom. The Labute approximate surface area is 130 Å². The van der Waals surface area contributed by atoms with E-state index in [2.05, 4.69) is 24.3 Å². The van der Waals surface area contributed by atoms with Crippen molar-refractivity contribution in [3.63, 3.8) is 0 Å². The average Bonchev–Trinajstić information content (AvgIpc) is 2.54. The van der Waals surface area contributed by atoms with Crippen molar-refractivity contribution in [2.24, 2.45) is 0 Å². The zero-order chi connectivity index (χ0) is 15.8. The number of carbonyl (C=O) groups is 2. The van der Waals surface area contributed by atoms with E-state index in [1.807, 2.05) is 30.3 Å². The largest absolute Gasteiger partial charge is 0.466 e. The van der Waals surface area contributed by atoms with Gasteiger partial charge < -0.3 is 4.74 Å². The molecule has 0 aromatic heterocycles. The van der Waals surface area contributed by atoms with Crippen LogP contribution in [0.1, 0.15) is 25.3 Å². The van der Waals surface area contributed by atoms with Gasteiger partial charge in [-0.15, -0.1) is 0 Å². The first kappa shape index (κ1) is 16.0. The Balaban J connectivity index is 1.94. The molecule has 0 bridgehead atoms. The van der Waals surface area contributed by atoms with Crippen LogP contribution in [0.25, 0.3) is 11.1 Å². The van der Waals surface area contributed by atoms with E-state index in [9.17, 15) is 9.59 Å². The first-order valence-electron chi connectivity index (χ1n) is 7.50. The molecule has 0 saturated carbocycles. The van der Waals surface area contributed by atoms with Crippen LogP contribution >= 0.6 is 0 Å². The molecule has 0 atom stereocenters. The van der Waals surface area contributed by atoms with Crippen molar-refractivity contribution >= 4 is 11.8 Å². The third-order valence-corrected chi connectivity index (χ3v) is 3.37. The Bertz CT molecular complexity index is 632. The maximum atomic E-state index is 11.8. The van der Waals surface area contributed by atoms with Crippen molar-refractivity contribution in [1.82, 2.24) is 0 Å². The Morgan fingerprint density at radius 3 is 2.41 bits per heavy atom. The van der Waals surface area contributed by atoms with E-state index in [0.717, 1.165) is 16.7 Å². The lowest BCUT2D eigenvalue weighted by Crippen LogP contribution is -2.11. The number of esters is 1. The normalized spacial score (nSPS) is 10.2. The molecule has 0 radical (unpaired) electrons. The summed E-state index contributed by atoms with van der Waals surface area (Å²) in [6, 6.07) is 18.3. The molecule has 0 spiro atoms. The van der Waals surface area contributed by atoms with Gasteiger partial charge in [0.2, 0.25) is 0 Å². The van der Waals surface area contributed by atoms with Crippen molar-refractivity contribution in [2.75, 3.05) is 6.61 Å². The van der Waals surface area contributed by atoms with E-state index in [1.165, 1.54) is 0 Å². The average molecular weight is 296 g/mol. The molecule has 0 aliphatic heterocycles. The summed E-state index contributed by atoms with van der Waals surface area (Å²) in [5.74, 6) is -0.519. The van der Waals surface area contributed by atoms with Crippen LogP contribution < -0.4 is 0 Å². The molecule has 2 aromatic carbocycles. The van der Waals surface area contributed by atoms with Crippen LogP contribution in [0.2, 0.25) is 0 Å². The molecule has 3 nitrogen and oxygen atoms in total. The third kappa shape index (κ3) is 4.85. The van der Waals surface area contributed by atoms with E-state index >= 15 is 0 Å². The summed E-state index contributed by atoms with van der Waals surface area (Å²) in [5.41, 5.74) is 3.39. The van der Waals surface area contributed by atoms with Crippen LogP contribution in [0.5, 0.6) is 0 Å². The van der Waals surface area contributed by atoms with Crippen LogP contribution in [-0.4, -0.2) is 18.4 Å². The van der Waals surface area contributed by atoms with E-state index in [1.54, 1.807) is 6.92 Å². The number of ether oxygens (including phenoxy) is 1. The molecule has 0 N–H and O–H groups in total. The molecule has 2 aromatic rings. The van der Waals surface area contributed by atoms with E-state index in [-0.39, 0.29) is 12.2 Å². The van der Waals surface area contributed by atoms with Gasteiger partial charge in [0, 0.05) is 6.42 Å². The fraction of sp³-hybridized carbons (Fsp3) is 0.263. The van der Waals surface area contributed by atoms with Gasteiger partial charge in [0.1, 0.15) is 12.2 Å². The van der Waals surface area contributed by atoms with Gasteiger partial charge in [-0.05, 0) is 30.0 Å². The fourth-order valence-corrected chi connectivity index (χ4v) is 2.28. The monoisotopic (exact) mass is 296 g/mol. The minimum Gasteiger partial charge on any atom is -0.466 e. The molecule has 2 rings (SSSR count). The highest BCUT2D eigenvalue weighted by Gasteiger charge is 2.10. The molecule has 0 aliphatic carbocycles. The van der Waals surface area contributed by atoms with Gasteiger partial charge in [0.05, 0.1) is 6.61 Å². The SMILES string of the molecule is CCOC(=O)CC(=O)CCc1cccc(-c2ccccc2)c1. The fourth-order valence-electron chi connectivity index (χ4n) is 2.28. The predicted octanol–water partition coefficient (Wildman–Crippen LogP) is 3.81. The minimum atomic E-state index is -0.439. The highest BCUT2D eigenvalue weighted by atomic mass is 16.5. The van der Waals surface area contributed by atoms with Crippen molar-refractivity contribution in [2.45, 2.75) is 26.2 Å². The molecule has 0 fully saturated rings. The molecule has 3 heteroatoms. The van der Waals surface area contributed by atoms with Gasteiger partial charge in [-0.25, -0.2) is 0 Å². The quantitative estimate of drug-likeness (QED) is 0.576. The van der Waals surface area contributed by atoms with Gasteiger partial charge in [-0.3, -0.25) is 9.59 Å². The maximum Gasteiger partial charge on any atom is 0.313 e. The van der Waals surface area contributed by atoms with Gasteiger partial charge >= 0.3 is 5.97 Å². The number of Topliss-reactive ketones (excluding diaryl/α,β-unsaturated/α-hetero) is 1. The zero-order valence-electron chi connectivity index (χ0n) is 12.7. The molecule has 0 unspecified atom stereocenters. The van der Waals surface area contributed by atoms with Gasteiger partial charge in [0.25, 0.3) is 0 Å². The lowest BCUT2D eigenvalue weighted by molar-refractivity contribution is -0.145. The molecule has 0 saturated heterocycles. The second-order valence-electron chi connectivity index (χ2n) is 5.09. The topological polar surface area (TPSA) is 43.4 Å². The summed E-state index contributed by atoms with van der Waals surface area (Å²) in [5, 5.41) is 0. The summed E-state index contributed by atoms with van der Waals surface area (Å²) in [7, 11) is 0. The van der Waals surface area contributed by atoms with Crippen molar-refractivity contribution < 1.29 is 14.3 Å². The Kier molecular flexibility index (Phi) is 5.90. The molecule has 0 heterocycles. The molecule has 0 aliphatic rings. The predicted molar refractivity (Wildman–Crippen MR) is 86.5 cm³/mol. The maximum absolute atomic E-state index is 11.8. The van der Waals surface area contributed by atoms with Gasteiger partial charge in [0.15, 0.2) is 0 Å².